The van der Waals surface area contributed by atoms with Gasteiger partial charge in [0, 0.05) is 11.1 Å². The molecule has 0 aliphatic heterocycles. The van der Waals surface area contributed by atoms with E-state index >= 15 is 0 Å². The number of nitrogens with zero attached hydrogens (tertiary/aromatic N) is 2. The molecule has 120 valence electrons. The summed E-state index contributed by atoms with van der Waals surface area (Å²) in [4.78, 5) is 18.4. The Bertz CT molecular complexity index is 1070. The number of nitrogens with one attached hydrogen (secondary N) is 1. The summed E-state index contributed by atoms with van der Waals surface area (Å²) in [5.74, 6) is 0.795. The molecule has 2 heterocycles. The van der Waals surface area contributed by atoms with Crippen LogP contribution >= 0.6 is 0 Å². The molecule has 0 saturated carbocycles. The molecular formula is C18H15N3O3. The Balaban J connectivity index is 1.78. The average Bonchev–Trinajstić information content (AvgIpc) is 3.19. The van der Waals surface area contributed by atoms with Crippen LogP contribution in [0.1, 0.15) is 25.3 Å². The molecule has 0 bridgehead atoms. The smallest absolute Gasteiger partial charge is 0.408 e. The fourth-order valence-electron chi connectivity index (χ4n) is 2.73. The molecule has 0 fully saturated rings. The zero-order chi connectivity index (χ0) is 16.7. The third-order valence-electron chi connectivity index (χ3n) is 3.92. The standard InChI is InChI=1S/C18H15N3O3/c1-10(2)12-5-3-4-6-13(12)17-20-16(21-24-17)11-7-8-14-15(9-11)23-18(22)19-14/h3-10H,1-2H3,(H,19,22). The van der Waals surface area contributed by atoms with E-state index in [1.54, 1.807) is 12.1 Å². The van der Waals surface area contributed by atoms with E-state index in [1.165, 1.54) is 0 Å². The summed E-state index contributed by atoms with van der Waals surface area (Å²) in [6, 6.07) is 13.3. The second-order valence-electron chi connectivity index (χ2n) is 5.89. The summed E-state index contributed by atoms with van der Waals surface area (Å²) >= 11 is 0. The molecule has 6 heteroatoms. The van der Waals surface area contributed by atoms with Gasteiger partial charge in [-0.2, -0.15) is 4.98 Å². The number of H-pyrrole nitrogens is 1. The van der Waals surface area contributed by atoms with E-state index in [1.807, 2.05) is 24.3 Å². The highest BCUT2D eigenvalue weighted by Gasteiger charge is 2.16. The van der Waals surface area contributed by atoms with E-state index in [2.05, 4.69) is 35.0 Å². The van der Waals surface area contributed by atoms with Crippen LogP contribution in [0.4, 0.5) is 0 Å². The van der Waals surface area contributed by atoms with Crippen molar-refractivity contribution in [1.82, 2.24) is 15.1 Å². The Hall–Kier alpha value is -3.15. The highest BCUT2D eigenvalue weighted by molar-refractivity contribution is 5.78. The highest BCUT2D eigenvalue weighted by atomic mass is 16.5. The van der Waals surface area contributed by atoms with Crippen LogP contribution < -0.4 is 5.76 Å². The fourth-order valence-corrected chi connectivity index (χ4v) is 2.73. The molecule has 4 rings (SSSR count). The van der Waals surface area contributed by atoms with Crippen molar-refractivity contribution in [3.05, 3.63) is 58.6 Å². The Morgan fingerprint density at radius 2 is 1.96 bits per heavy atom. The maximum atomic E-state index is 11.3. The summed E-state index contributed by atoms with van der Waals surface area (Å²) in [7, 11) is 0. The molecular weight excluding hydrogens is 306 g/mol. The zero-order valence-electron chi connectivity index (χ0n) is 13.2. The van der Waals surface area contributed by atoms with Crippen LogP contribution in [0.3, 0.4) is 0 Å². The Labute approximate surface area is 137 Å². The Morgan fingerprint density at radius 1 is 1.12 bits per heavy atom. The van der Waals surface area contributed by atoms with Crippen LogP contribution in [0.5, 0.6) is 0 Å². The number of rotatable bonds is 3. The van der Waals surface area contributed by atoms with Crippen LogP contribution in [0.25, 0.3) is 33.9 Å². The molecule has 2 aromatic heterocycles. The van der Waals surface area contributed by atoms with E-state index < -0.39 is 5.76 Å². The number of hydrogen-bond donors (Lipinski definition) is 1. The molecule has 0 amide bonds. The molecule has 2 aromatic carbocycles. The number of aromatic nitrogens is 3. The first-order chi connectivity index (χ1) is 11.6. The van der Waals surface area contributed by atoms with Gasteiger partial charge in [-0.25, -0.2) is 4.79 Å². The first kappa shape index (κ1) is 14.4. The molecule has 0 unspecified atom stereocenters. The minimum atomic E-state index is -0.484. The fraction of sp³-hybridized carbons (Fsp3) is 0.167. The van der Waals surface area contributed by atoms with Crippen molar-refractivity contribution in [3.63, 3.8) is 0 Å². The predicted molar refractivity (Wildman–Crippen MR) is 89.7 cm³/mol. The summed E-state index contributed by atoms with van der Waals surface area (Å²) in [5, 5.41) is 4.06. The van der Waals surface area contributed by atoms with Crippen molar-refractivity contribution in [2.45, 2.75) is 19.8 Å². The van der Waals surface area contributed by atoms with Crippen molar-refractivity contribution in [2.24, 2.45) is 0 Å². The third-order valence-corrected chi connectivity index (χ3v) is 3.92. The lowest BCUT2D eigenvalue weighted by Crippen LogP contribution is -1.92. The molecule has 0 spiro atoms. The van der Waals surface area contributed by atoms with Crippen LogP contribution in [-0.4, -0.2) is 15.1 Å². The van der Waals surface area contributed by atoms with Gasteiger partial charge < -0.3 is 8.94 Å². The van der Waals surface area contributed by atoms with Crippen LogP contribution in [0, 0.1) is 0 Å². The molecule has 0 aliphatic rings. The van der Waals surface area contributed by atoms with Gasteiger partial charge >= 0.3 is 5.76 Å². The van der Waals surface area contributed by atoms with E-state index in [9.17, 15) is 4.79 Å². The van der Waals surface area contributed by atoms with Gasteiger partial charge in [0.25, 0.3) is 5.89 Å². The minimum absolute atomic E-state index is 0.349. The molecule has 1 N–H and O–H groups in total. The summed E-state index contributed by atoms with van der Waals surface area (Å²) in [6.07, 6.45) is 0. The second-order valence-corrected chi connectivity index (χ2v) is 5.89. The molecule has 0 saturated heterocycles. The van der Waals surface area contributed by atoms with Crippen molar-refractivity contribution in [2.75, 3.05) is 0 Å². The number of benzene rings is 2. The Morgan fingerprint density at radius 3 is 2.79 bits per heavy atom. The van der Waals surface area contributed by atoms with E-state index in [4.69, 9.17) is 8.94 Å². The van der Waals surface area contributed by atoms with Gasteiger partial charge in [0.05, 0.1) is 5.52 Å². The van der Waals surface area contributed by atoms with Crippen molar-refractivity contribution >= 4 is 11.1 Å². The van der Waals surface area contributed by atoms with Gasteiger partial charge in [-0.1, -0.05) is 37.2 Å². The lowest BCUT2D eigenvalue weighted by atomic mass is 9.97. The van der Waals surface area contributed by atoms with Gasteiger partial charge in [0.15, 0.2) is 5.58 Å². The summed E-state index contributed by atoms with van der Waals surface area (Å²) < 4.78 is 10.5. The van der Waals surface area contributed by atoms with Gasteiger partial charge in [0.1, 0.15) is 0 Å². The third kappa shape index (κ3) is 2.42. The van der Waals surface area contributed by atoms with Gasteiger partial charge in [-0.05, 0) is 35.7 Å². The topological polar surface area (TPSA) is 84.9 Å². The Kier molecular flexibility index (Phi) is 3.30. The van der Waals surface area contributed by atoms with E-state index in [0.29, 0.717) is 28.7 Å². The normalized spacial score (nSPS) is 11.5. The zero-order valence-corrected chi connectivity index (χ0v) is 13.2. The maximum absolute atomic E-state index is 11.3. The predicted octanol–water partition coefficient (Wildman–Crippen LogP) is 3.96. The number of fused-ring (bicyclic) bond motifs is 1. The lowest BCUT2D eigenvalue weighted by Gasteiger charge is -2.08. The number of oxazole rings is 1. The molecule has 0 radical (unpaired) electrons. The SMILES string of the molecule is CC(C)c1ccccc1-c1nc(-c2ccc3[nH]c(=O)oc3c2)no1. The summed E-state index contributed by atoms with van der Waals surface area (Å²) in [6.45, 7) is 4.25. The summed E-state index contributed by atoms with van der Waals surface area (Å²) in [5.41, 5.74) is 3.91. The van der Waals surface area contributed by atoms with E-state index in [0.717, 1.165) is 16.7 Å². The van der Waals surface area contributed by atoms with Crippen molar-refractivity contribution < 1.29 is 8.94 Å². The number of aromatic amines is 1. The molecule has 6 nitrogen and oxygen atoms in total. The molecule has 4 aromatic rings. The maximum Gasteiger partial charge on any atom is 0.417 e. The first-order valence-electron chi connectivity index (χ1n) is 7.68. The molecule has 24 heavy (non-hydrogen) atoms. The lowest BCUT2D eigenvalue weighted by molar-refractivity contribution is 0.431. The van der Waals surface area contributed by atoms with Crippen LogP contribution in [0.15, 0.2) is 56.2 Å². The molecule has 0 atom stereocenters. The largest absolute Gasteiger partial charge is 0.417 e. The van der Waals surface area contributed by atoms with Crippen LogP contribution in [-0.2, 0) is 0 Å². The molecule has 0 aliphatic carbocycles. The van der Waals surface area contributed by atoms with Crippen LogP contribution in [0.2, 0.25) is 0 Å². The van der Waals surface area contributed by atoms with Gasteiger partial charge in [-0.3, -0.25) is 4.98 Å². The van der Waals surface area contributed by atoms with Gasteiger partial charge in [0.2, 0.25) is 5.82 Å². The second kappa shape index (κ2) is 5.49. The average molecular weight is 321 g/mol. The minimum Gasteiger partial charge on any atom is -0.408 e. The van der Waals surface area contributed by atoms with Gasteiger partial charge in [-0.15, -0.1) is 0 Å². The monoisotopic (exact) mass is 321 g/mol. The number of hydrogen-bond acceptors (Lipinski definition) is 5. The first-order valence-corrected chi connectivity index (χ1v) is 7.68. The highest BCUT2D eigenvalue weighted by Crippen LogP contribution is 2.29. The van der Waals surface area contributed by atoms with Crippen molar-refractivity contribution in [3.8, 4) is 22.8 Å². The quantitative estimate of drug-likeness (QED) is 0.617. The van der Waals surface area contributed by atoms with Crippen molar-refractivity contribution in [1.29, 1.82) is 0 Å². The van der Waals surface area contributed by atoms with E-state index in [-0.39, 0.29) is 0 Å².